The molecule has 0 aromatic heterocycles. The molecule has 3 rings (SSSR count). The Morgan fingerprint density at radius 2 is 2.10 bits per heavy atom. The molecule has 1 saturated heterocycles. The number of likely N-dealkylation sites (tertiary alicyclic amines) is 1. The molecular formula is C17H22FNO2. The van der Waals surface area contributed by atoms with Crippen LogP contribution < -0.4 is 0 Å². The number of rotatable bonds is 3. The highest BCUT2D eigenvalue weighted by molar-refractivity contribution is 5.72. The maximum absolute atomic E-state index is 13.3. The Balaban J connectivity index is 1.75. The van der Waals surface area contributed by atoms with Crippen molar-refractivity contribution in [3.8, 4) is 0 Å². The van der Waals surface area contributed by atoms with Gasteiger partial charge in [-0.15, -0.1) is 0 Å². The normalized spacial score (nSPS) is 25.3. The highest BCUT2D eigenvalue weighted by atomic mass is 19.1. The standard InChI is InChI=1S/C17H22FNO2/c18-14-6-4-5-13(9-14)10-19-11-15(16(20)21)17(12-19)7-2-1-3-8-17/h4-6,9,15H,1-3,7-8,10-12H2,(H,20,21)/t15-/m1/s1. The maximum Gasteiger partial charge on any atom is 0.308 e. The van der Waals surface area contributed by atoms with Gasteiger partial charge in [0.05, 0.1) is 5.92 Å². The van der Waals surface area contributed by atoms with E-state index >= 15 is 0 Å². The first kappa shape index (κ1) is 14.5. The molecule has 1 saturated carbocycles. The predicted octanol–water partition coefficient (Wildman–Crippen LogP) is 3.29. The van der Waals surface area contributed by atoms with Gasteiger partial charge in [0.1, 0.15) is 5.82 Å². The van der Waals surface area contributed by atoms with Crippen LogP contribution in [0.15, 0.2) is 24.3 Å². The second-order valence-electron chi connectivity index (χ2n) is 6.61. The Kier molecular flexibility index (Phi) is 3.98. The largest absolute Gasteiger partial charge is 0.481 e. The average Bonchev–Trinajstić information content (AvgIpc) is 2.78. The van der Waals surface area contributed by atoms with E-state index in [9.17, 15) is 14.3 Å². The summed E-state index contributed by atoms with van der Waals surface area (Å²) >= 11 is 0. The highest BCUT2D eigenvalue weighted by Crippen LogP contribution is 2.47. The van der Waals surface area contributed by atoms with Crippen molar-refractivity contribution in [1.82, 2.24) is 4.90 Å². The van der Waals surface area contributed by atoms with Crippen LogP contribution in [0.1, 0.15) is 37.7 Å². The molecule has 1 aliphatic carbocycles. The number of hydrogen-bond acceptors (Lipinski definition) is 2. The van der Waals surface area contributed by atoms with E-state index < -0.39 is 5.97 Å². The Bertz CT molecular complexity index is 525. The molecule has 0 radical (unpaired) electrons. The van der Waals surface area contributed by atoms with Crippen molar-refractivity contribution < 1.29 is 14.3 Å². The van der Waals surface area contributed by atoms with Gasteiger partial charge < -0.3 is 5.11 Å². The van der Waals surface area contributed by atoms with Gasteiger partial charge in [0.25, 0.3) is 0 Å². The number of halogens is 1. The van der Waals surface area contributed by atoms with E-state index in [0.717, 1.165) is 37.8 Å². The molecule has 2 fully saturated rings. The molecule has 0 bridgehead atoms. The van der Waals surface area contributed by atoms with Gasteiger partial charge in [0, 0.05) is 19.6 Å². The topological polar surface area (TPSA) is 40.5 Å². The molecule has 1 aromatic rings. The van der Waals surface area contributed by atoms with E-state index in [1.807, 2.05) is 6.07 Å². The lowest BCUT2D eigenvalue weighted by molar-refractivity contribution is -0.145. The molecule has 2 aliphatic rings. The summed E-state index contributed by atoms with van der Waals surface area (Å²) in [5, 5.41) is 9.57. The van der Waals surface area contributed by atoms with Crippen molar-refractivity contribution >= 4 is 5.97 Å². The van der Waals surface area contributed by atoms with E-state index in [0.29, 0.717) is 13.1 Å². The fraction of sp³-hybridized carbons (Fsp3) is 0.588. The highest BCUT2D eigenvalue weighted by Gasteiger charge is 2.50. The smallest absolute Gasteiger partial charge is 0.308 e. The molecule has 1 atom stereocenters. The summed E-state index contributed by atoms with van der Waals surface area (Å²) in [4.78, 5) is 13.8. The summed E-state index contributed by atoms with van der Waals surface area (Å²) in [6.45, 7) is 2.07. The first-order valence-corrected chi connectivity index (χ1v) is 7.79. The minimum Gasteiger partial charge on any atom is -0.481 e. The third-order valence-electron chi connectivity index (χ3n) is 5.16. The van der Waals surface area contributed by atoms with Crippen LogP contribution in [0.25, 0.3) is 0 Å². The molecule has 1 aromatic carbocycles. The molecule has 0 unspecified atom stereocenters. The van der Waals surface area contributed by atoms with Crippen LogP contribution in [0, 0.1) is 17.2 Å². The quantitative estimate of drug-likeness (QED) is 0.929. The first-order valence-electron chi connectivity index (χ1n) is 7.79. The van der Waals surface area contributed by atoms with E-state index in [1.54, 1.807) is 12.1 Å². The molecule has 114 valence electrons. The van der Waals surface area contributed by atoms with Gasteiger partial charge in [-0.3, -0.25) is 9.69 Å². The summed E-state index contributed by atoms with van der Waals surface area (Å²) in [5.74, 6) is -1.17. The third kappa shape index (κ3) is 2.95. The van der Waals surface area contributed by atoms with E-state index in [2.05, 4.69) is 4.90 Å². The van der Waals surface area contributed by atoms with Crippen molar-refractivity contribution in [2.45, 2.75) is 38.6 Å². The van der Waals surface area contributed by atoms with Crippen molar-refractivity contribution in [3.05, 3.63) is 35.6 Å². The van der Waals surface area contributed by atoms with Gasteiger partial charge in [-0.25, -0.2) is 4.39 Å². The predicted molar refractivity (Wildman–Crippen MR) is 78.3 cm³/mol. The zero-order chi connectivity index (χ0) is 14.9. The first-order chi connectivity index (χ1) is 10.1. The number of carboxylic acid groups (broad SMARTS) is 1. The summed E-state index contributed by atoms with van der Waals surface area (Å²) < 4.78 is 13.3. The average molecular weight is 291 g/mol. The molecule has 21 heavy (non-hydrogen) atoms. The minimum atomic E-state index is -0.668. The number of hydrogen-bond donors (Lipinski definition) is 1. The van der Waals surface area contributed by atoms with Crippen LogP contribution in [-0.2, 0) is 11.3 Å². The van der Waals surface area contributed by atoms with Crippen molar-refractivity contribution in [2.75, 3.05) is 13.1 Å². The van der Waals surface area contributed by atoms with Gasteiger partial charge in [-0.2, -0.15) is 0 Å². The third-order valence-corrected chi connectivity index (χ3v) is 5.16. The summed E-state index contributed by atoms with van der Waals surface area (Å²) in [5.41, 5.74) is 0.865. The van der Waals surface area contributed by atoms with Crippen molar-refractivity contribution in [2.24, 2.45) is 11.3 Å². The molecule has 3 nitrogen and oxygen atoms in total. The van der Waals surface area contributed by atoms with E-state index in [1.165, 1.54) is 12.5 Å². The lowest BCUT2D eigenvalue weighted by Gasteiger charge is -2.36. The molecule has 1 N–H and O–H groups in total. The Labute approximate surface area is 124 Å². The Morgan fingerprint density at radius 3 is 2.76 bits per heavy atom. The fourth-order valence-corrected chi connectivity index (χ4v) is 4.19. The fourth-order valence-electron chi connectivity index (χ4n) is 4.19. The van der Waals surface area contributed by atoms with E-state index in [4.69, 9.17) is 0 Å². The van der Waals surface area contributed by atoms with Crippen molar-refractivity contribution in [3.63, 3.8) is 0 Å². The molecule has 4 heteroatoms. The lowest BCUT2D eigenvalue weighted by atomic mass is 9.68. The van der Waals surface area contributed by atoms with Gasteiger partial charge in [-0.1, -0.05) is 31.4 Å². The molecule has 1 heterocycles. The molecule has 1 spiro atoms. The monoisotopic (exact) mass is 291 g/mol. The van der Waals surface area contributed by atoms with Crippen LogP contribution >= 0.6 is 0 Å². The summed E-state index contributed by atoms with van der Waals surface area (Å²) in [7, 11) is 0. The van der Waals surface area contributed by atoms with Crippen LogP contribution in [0.3, 0.4) is 0 Å². The number of carbonyl (C=O) groups is 1. The van der Waals surface area contributed by atoms with E-state index in [-0.39, 0.29) is 17.2 Å². The van der Waals surface area contributed by atoms with Gasteiger partial charge in [0.15, 0.2) is 0 Å². The van der Waals surface area contributed by atoms with Crippen LogP contribution in [0.5, 0.6) is 0 Å². The van der Waals surface area contributed by atoms with Gasteiger partial charge in [-0.05, 0) is 36.0 Å². The summed E-state index contributed by atoms with van der Waals surface area (Å²) in [6, 6.07) is 6.61. The van der Waals surface area contributed by atoms with Crippen LogP contribution in [0.4, 0.5) is 4.39 Å². The molecule has 0 amide bonds. The Hall–Kier alpha value is -1.42. The number of carboxylic acids is 1. The number of benzene rings is 1. The number of aliphatic carboxylic acids is 1. The Morgan fingerprint density at radius 1 is 1.33 bits per heavy atom. The summed E-state index contributed by atoms with van der Waals surface area (Å²) in [6.07, 6.45) is 5.53. The van der Waals surface area contributed by atoms with Crippen LogP contribution in [0.2, 0.25) is 0 Å². The second-order valence-corrected chi connectivity index (χ2v) is 6.61. The van der Waals surface area contributed by atoms with Gasteiger partial charge in [0.2, 0.25) is 0 Å². The second kappa shape index (κ2) is 5.76. The zero-order valence-corrected chi connectivity index (χ0v) is 12.2. The SMILES string of the molecule is O=C(O)[C@H]1CN(Cc2cccc(F)c2)CC12CCCCC2. The lowest BCUT2D eigenvalue weighted by Crippen LogP contribution is -2.36. The maximum atomic E-state index is 13.3. The van der Waals surface area contributed by atoms with Crippen molar-refractivity contribution in [1.29, 1.82) is 0 Å². The van der Waals surface area contributed by atoms with Gasteiger partial charge >= 0.3 is 5.97 Å². The zero-order valence-electron chi connectivity index (χ0n) is 12.2. The van der Waals surface area contributed by atoms with Crippen LogP contribution in [-0.4, -0.2) is 29.1 Å². The molecular weight excluding hydrogens is 269 g/mol. The minimum absolute atomic E-state index is 0.0581. The number of nitrogens with zero attached hydrogens (tertiary/aromatic N) is 1. The molecule has 1 aliphatic heterocycles.